The first-order valence-corrected chi connectivity index (χ1v) is 11.7. The van der Waals surface area contributed by atoms with Crippen LogP contribution in [0.25, 0.3) is 10.6 Å². The summed E-state index contributed by atoms with van der Waals surface area (Å²) in [6.07, 6.45) is 5.31. The molecule has 0 saturated carbocycles. The maximum Gasteiger partial charge on any atom is 0.249 e. The molecule has 1 aliphatic heterocycles. The van der Waals surface area contributed by atoms with Gasteiger partial charge in [0.05, 0.1) is 0 Å². The molecule has 2 N–H and O–H groups in total. The zero-order chi connectivity index (χ0) is 22.2. The third-order valence-electron chi connectivity index (χ3n) is 5.34. The van der Waals surface area contributed by atoms with Crippen LogP contribution in [0, 0.1) is 5.92 Å². The molecule has 0 spiro atoms. The lowest BCUT2D eigenvalue weighted by Gasteiger charge is -2.23. The lowest BCUT2D eigenvalue weighted by Crippen LogP contribution is -2.47. The molecule has 1 aromatic carbocycles. The van der Waals surface area contributed by atoms with Gasteiger partial charge in [0.1, 0.15) is 11.0 Å². The molecule has 2 atom stereocenters. The van der Waals surface area contributed by atoms with Gasteiger partial charge in [0.25, 0.3) is 0 Å². The normalized spacial score (nSPS) is 14.2. The number of rotatable bonds is 11. The summed E-state index contributed by atoms with van der Waals surface area (Å²) >= 11 is 1.27. The Morgan fingerprint density at radius 1 is 1.13 bits per heavy atom. The van der Waals surface area contributed by atoms with Gasteiger partial charge in [0.15, 0.2) is 11.5 Å². The van der Waals surface area contributed by atoms with Crippen molar-refractivity contribution in [2.45, 2.75) is 65.3 Å². The molecule has 0 aliphatic carbocycles. The average Bonchev–Trinajstić information content (AvgIpc) is 3.43. The molecule has 0 radical (unpaired) electrons. The number of carbonyl (C=O) groups is 2. The Morgan fingerprint density at radius 2 is 1.94 bits per heavy atom. The Kier molecular flexibility index (Phi) is 8.22. The number of unbranched alkanes of at least 4 members (excludes halogenated alkanes) is 3. The summed E-state index contributed by atoms with van der Waals surface area (Å²) in [7, 11) is 0. The molecular weight excluding hydrogens is 416 g/mol. The van der Waals surface area contributed by atoms with E-state index < -0.39 is 6.04 Å². The third-order valence-corrected chi connectivity index (χ3v) is 6.23. The van der Waals surface area contributed by atoms with Crippen molar-refractivity contribution in [2.24, 2.45) is 5.92 Å². The maximum atomic E-state index is 12.9. The van der Waals surface area contributed by atoms with Gasteiger partial charge in [-0.2, -0.15) is 0 Å². The molecule has 0 fully saturated rings. The summed E-state index contributed by atoms with van der Waals surface area (Å²) in [5.41, 5.74) is 0.834. The van der Waals surface area contributed by atoms with Gasteiger partial charge in [-0.15, -0.1) is 10.2 Å². The molecule has 168 valence electrons. The average molecular weight is 447 g/mol. The van der Waals surface area contributed by atoms with Gasteiger partial charge in [-0.25, -0.2) is 0 Å². The van der Waals surface area contributed by atoms with E-state index in [-0.39, 0.29) is 24.5 Å². The predicted octanol–water partition coefficient (Wildman–Crippen LogP) is 4.37. The van der Waals surface area contributed by atoms with Crippen LogP contribution in [0.15, 0.2) is 18.2 Å². The molecule has 2 amide bonds. The minimum atomic E-state index is -0.610. The van der Waals surface area contributed by atoms with Crippen molar-refractivity contribution in [3.63, 3.8) is 0 Å². The molecule has 8 nitrogen and oxygen atoms in total. The lowest BCUT2D eigenvalue weighted by molar-refractivity contribution is -0.127. The van der Waals surface area contributed by atoms with Gasteiger partial charge in [0.2, 0.25) is 23.7 Å². The molecule has 2 unspecified atom stereocenters. The van der Waals surface area contributed by atoms with Crippen LogP contribution in [0.2, 0.25) is 0 Å². The van der Waals surface area contributed by atoms with Crippen LogP contribution in [0.1, 0.15) is 59.3 Å². The van der Waals surface area contributed by atoms with E-state index in [1.165, 1.54) is 11.3 Å². The third kappa shape index (κ3) is 6.16. The van der Waals surface area contributed by atoms with Crippen molar-refractivity contribution in [1.29, 1.82) is 0 Å². The quantitative estimate of drug-likeness (QED) is 0.497. The lowest BCUT2D eigenvalue weighted by atomic mass is 9.98. The van der Waals surface area contributed by atoms with Gasteiger partial charge in [-0.3, -0.25) is 14.9 Å². The number of ether oxygens (including phenoxy) is 2. The molecule has 0 saturated heterocycles. The van der Waals surface area contributed by atoms with E-state index in [0.29, 0.717) is 28.1 Å². The summed E-state index contributed by atoms with van der Waals surface area (Å²) in [6.45, 7) is 6.30. The van der Waals surface area contributed by atoms with Gasteiger partial charge in [-0.1, -0.05) is 57.8 Å². The molecule has 31 heavy (non-hydrogen) atoms. The number of benzene rings is 1. The summed E-state index contributed by atoms with van der Waals surface area (Å²) in [6, 6.07) is 4.93. The van der Waals surface area contributed by atoms with Gasteiger partial charge in [-0.05, 0) is 30.5 Å². The van der Waals surface area contributed by atoms with Gasteiger partial charge < -0.3 is 14.8 Å². The Bertz CT molecular complexity index is 901. The van der Waals surface area contributed by atoms with Crippen LogP contribution in [-0.4, -0.2) is 34.8 Å². The first-order valence-electron chi connectivity index (χ1n) is 10.9. The second-order valence-corrected chi connectivity index (χ2v) is 8.69. The number of anilines is 1. The van der Waals surface area contributed by atoms with Crippen molar-refractivity contribution in [1.82, 2.24) is 15.5 Å². The second-order valence-electron chi connectivity index (χ2n) is 7.71. The largest absolute Gasteiger partial charge is 0.454 e. The highest BCUT2D eigenvalue weighted by Gasteiger charge is 2.27. The highest BCUT2D eigenvalue weighted by Crippen LogP contribution is 2.37. The minimum absolute atomic E-state index is 0.000781. The number of nitrogens with zero attached hydrogens (tertiary/aromatic N) is 2. The Labute approximate surface area is 186 Å². The molecule has 1 aromatic heterocycles. The zero-order valence-electron chi connectivity index (χ0n) is 18.3. The first-order chi connectivity index (χ1) is 15.0. The Morgan fingerprint density at radius 3 is 2.71 bits per heavy atom. The van der Waals surface area contributed by atoms with Crippen LogP contribution < -0.4 is 20.1 Å². The van der Waals surface area contributed by atoms with E-state index in [1.54, 1.807) is 0 Å². The smallest absolute Gasteiger partial charge is 0.249 e. The SMILES string of the molecule is CCCCCCC(=O)NC(C(=O)Nc1nnc(-c2ccc3c(c2)OCO3)s1)C(C)CC. The molecule has 9 heteroatoms. The molecule has 3 rings (SSSR count). The number of aromatic nitrogens is 2. The standard InChI is InChI=1S/C22H30N4O4S/c1-4-6-7-8-9-18(27)23-19(14(3)5-2)20(28)24-22-26-25-21(31-22)15-10-11-16-17(12-15)30-13-29-16/h10-12,14,19H,4-9,13H2,1-3H3,(H,23,27)(H,24,26,28). The molecular formula is C22H30N4O4S. The number of hydrogen-bond donors (Lipinski definition) is 2. The molecule has 2 heterocycles. The van der Waals surface area contributed by atoms with Crippen molar-refractivity contribution in [3.8, 4) is 22.1 Å². The number of nitrogens with one attached hydrogen (secondary N) is 2. The topological polar surface area (TPSA) is 102 Å². The molecule has 1 aliphatic rings. The fourth-order valence-corrected chi connectivity index (χ4v) is 4.01. The number of fused-ring (bicyclic) bond motifs is 1. The number of carbonyl (C=O) groups excluding carboxylic acids is 2. The van der Waals surface area contributed by atoms with Gasteiger partial charge >= 0.3 is 0 Å². The van der Waals surface area contributed by atoms with E-state index >= 15 is 0 Å². The minimum Gasteiger partial charge on any atom is -0.454 e. The van der Waals surface area contributed by atoms with Crippen molar-refractivity contribution in [3.05, 3.63) is 18.2 Å². The van der Waals surface area contributed by atoms with Gasteiger partial charge in [0, 0.05) is 12.0 Å². The van der Waals surface area contributed by atoms with Crippen LogP contribution in [-0.2, 0) is 9.59 Å². The van der Waals surface area contributed by atoms with Crippen molar-refractivity contribution < 1.29 is 19.1 Å². The number of amides is 2. The summed E-state index contributed by atoms with van der Waals surface area (Å²) in [5, 5.41) is 15.0. The fourth-order valence-electron chi connectivity index (χ4n) is 3.26. The van der Waals surface area contributed by atoms with Crippen LogP contribution in [0.5, 0.6) is 11.5 Å². The summed E-state index contributed by atoms with van der Waals surface area (Å²) in [4.78, 5) is 25.2. The van der Waals surface area contributed by atoms with Crippen molar-refractivity contribution in [2.75, 3.05) is 12.1 Å². The van der Waals surface area contributed by atoms with Crippen LogP contribution in [0.4, 0.5) is 5.13 Å². The van der Waals surface area contributed by atoms with Crippen molar-refractivity contribution >= 4 is 28.3 Å². The maximum absolute atomic E-state index is 12.9. The fraction of sp³-hybridized carbons (Fsp3) is 0.545. The first kappa shape index (κ1) is 23.0. The molecule has 0 bridgehead atoms. The second kappa shape index (κ2) is 11.1. The van der Waals surface area contributed by atoms with E-state index in [1.807, 2.05) is 32.0 Å². The molecule has 2 aromatic rings. The van der Waals surface area contributed by atoms with E-state index in [4.69, 9.17) is 9.47 Å². The number of hydrogen-bond acceptors (Lipinski definition) is 7. The monoisotopic (exact) mass is 446 g/mol. The van der Waals surface area contributed by atoms with Crippen LogP contribution >= 0.6 is 11.3 Å². The van der Waals surface area contributed by atoms with E-state index in [0.717, 1.165) is 37.7 Å². The summed E-state index contributed by atoms with van der Waals surface area (Å²) in [5.74, 6) is 1.00. The Balaban J connectivity index is 1.61. The van der Waals surface area contributed by atoms with E-state index in [9.17, 15) is 9.59 Å². The highest BCUT2D eigenvalue weighted by atomic mass is 32.1. The van der Waals surface area contributed by atoms with E-state index in [2.05, 4.69) is 27.8 Å². The Hall–Kier alpha value is -2.68. The zero-order valence-corrected chi connectivity index (χ0v) is 19.1. The predicted molar refractivity (Wildman–Crippen MR) is 120 cm³/mol. The van der Waals surface area contributed by atoms with Crippen LogP contribution in [0.3, 0.4) is 0 Å². The summed E-state index contributed by atoms with van der Waals surface area (Å²) < 4.78 is 10.7. The highest BCUT2D eigenvalue weighted by molar-refractivity contribution is 7.18.